The van der Waals surface area contributed by atoms with Crippen LogP contribution in [0, 0.1) is 11.8 Å². The van der Waals surface area contributed by atoms with Gasteiger partial charge >= 0.3 is 0 Å². The number of carbonyl (C=O) groups is 1. The topological polar surface area (TPSA) is 109 Å². The highest BCUT2D eigenvalue weighted by atomic mass is 16.5. The maximum absolute atomic E-state index is 13.4. The number of nitrogens with two attached hydrogens (primary N) is 1. The molecule has 5 atom stereocenters. The van der Waals surface area contributed by atoms with E-state index in [0.717, 1.165) is 48.0 Å². The molecule has 1 aliphatic heterocycles. The van der Waals surface area contributed by atoms with Crippen molar-refractivity contribution in [3.05, 3.63) is 35.6 Å². The van der Waals surface area contributed by atoms with Gasteiger partial charge in [-0.2, -0.15) is 0 Å². The lowest BCUT2D eigenvalue weighted by Crippen LogP contribution is -2.49. The molecule has 2 aliphatic rings. The first-order valence-corrected chi connectivity index (χ1v) is 13.5. The minimum absolute atomic E-state index is 0.0552. The monoisotopic (exact) mass is 500 g/mol. The molecule has 1 amide bonds. The Hall–Kier alpha value is -1.93. The van der Waals surface area contributed by atoms with E-state index in [0.29, 0.717) is 39.0 Å². The molecule has 2 heterocycles. The van der Waals surface area contributed by atoms with Crippen LogP contribution in [0.15, 0.2) is 28.7 Å². The lowest BCUT2D eigenvalue weighted by molar-refractivity contribution is -0.141. The first-order chi connectivity index (χ1) is 17.0. The molecule has 1 aromatic carbocycles. The Labute approximate surface area is 215 Å². The van der Waals surface area contributed by atoms with Gasteiger partial charge in [-0.1, -0.05) is 39.0 Å². The Morgan fingerprint density at radius 2 is 2.03 bits per heavy atom. The van der Waals surface area contributed by atoms with E-state index in [-0.39, 0.29) is 29.2 Å². The molecular formula is C29H44N2O5. The summed E-state index contributed by atoms with van der Waals surface area (Å²) in [6, 6.07) is 7.75. The van der Waals surface area contributed by atoms with Crippen LogP contribution in [0.1, 0.15) is 77.0 Å². The summed E-state index contributed by atoms with van der Waals surface area (Å²) >= 11 is 0. The third-order valence-electron chi connectivity index (χ3n) is 8.24. The van der Waals surface area contributed by atoms with E-state index in [4.69, 9.17) is 14.9 Å². The number of unbranched alkanes of at least 4 members (excludes halogenated alkanes) is 1. The number of nitrogens with zero attached hydrogens (tertiary/aromatic N) is 1. The number of amides is 1. The molecule has 7 nitrogen and oxygen atoms in total. The summed E-state index contributed by atoms with van der Waals surface area (Å²) in [6.45, 7) is 8.18. The number of furan rings is 1. The van der Waals surface area contributed by atoms with Gasteiger partial charge in [0, 0.05) is 61.0 Å². The average Bonchev–Trinajstić information content (AvgIpc) is 3.44. The number of aliphatic hydroxyl groups excluding tert-OH is 1. The molecule has 1 aromatic heterocycles. The molecule has 4 N–H and O–H groups in total. The van der Waals surface area contributed by atoms with Gasteiger partial charge in [0.2, 0.25) is 5.91 Å². The highest BCUT2D eigenvalue weighted by Gasteiger charge is 2.44. The molecular weight excluding hydrogens is 456 g/mol. The molecule has 7 heteroatoms. The van der Waals surface area contributed by atoms with Gasteiger partial charge < -0.3 is 30.0 Å². The number of para-hydroxylation sites is 1. The van der Waals surface area contributed by atoms with E-state index in [1.54, 1.807) is 7.11 Å². The fourth-order valence-corrected chi connectivity index (χ4v) is 6.05. The first-order valence-electron chi connectivity index (χ1n) is 13.5. The van der Waals surface area contributed by atoms with Gasteiger partial charge in [0.15, 0.2) is 0 Å². The van der Waals surface area contributed by atoms with Gasteiger partial charge in [-0.25, -0.2) is 0 Å². The zero-order chi connectivity index (χ0) is 26.1. The first kappa shape index (κ1) is 27.1. The molecule has 1 saturated carbocycles. The summed E-state index contributed by atoms with van der Waals surface area (Å²) in [7, 11) is 1.69. The summed E-state index contributed by atoms with van der Waals surface area (Å²) in [5, 5.41) is 23.5. The average molecular weight is 501 g/mol. The second kappa shape index (κ2) is 10.8. The predicted molar refractivity (Wildman–Crippen MR) is 141 cm³/mol. The second-order valence-corrected chi connectivity index (χ2v) is 12.0. The zero-order valence-corrected chi connectivity index (χ0v) is 22.3. The SMILES string of the molecule is COCCCC[C@@](O)(c1cccc2cc(C(C)(C)C)oc12)[C@@H]1CCCN(C(=O)[C@H]2C[C@@H](N)[C@@H](O)C2)C1. The van der Waals surface area contributed by atoms with E-state index in [9.17, 15) is 15.0 Å². The van der Waals surface area contributed by atoms with Gasteiger partial charge in [-0.05, 0) is 51.0 Å². The molecule has 1 aliphatic carbocycles. The minimum atomic E-state index is -1.13. The standard InChI is InChI=1S/C29H44N2O5/c1-28(2,3)25-17-19-9-7-11-22(26(19)36-25)29(34,12-5-6-14-35-4)21-10-8-13-31(18-21)27(33)20-15-23(30)24(32)16-20/h7,9,11,17,20-21,23-24,32,34H,5-6,8,10,12-16,18,30H2,1-4H3/t20-,21+,23+,24-,29-/m0/s1. The van der Waals surface area contributed by atoms with Crippen LogP contribution in [0.3, 0.4) is 0 Å². The van der Waals surface area contributed by atoms with Gasteiger partial charge in [0.25, 0.3) is 0 Å². The van der Waals surface area contributed by atoms with Crippen LogP contribution < -0.4 is 5.73 Å². The number of aliphatic hydroxyl groups is 2. The maximum Gasteiger partial charge on any atom is 0.225 e. The largest absolute Gasteiger partial charge is 0.460 e. The number of ether oxygens (including phenoxy) is 1. The van der Waals surface area contributed by atoms with E-state index >= 15 is 0 Å². The quantitative estimate of drug-likeness (QED) is 0.472. The van der Waals surface area contributed by atoms with Gasteiger partial charge in [0.05, 0.1) is 11.7 Å². The molecule has 1 saturated heterocycles. The molecule has 0 unspecified atom stereocenters. The Bertz CT molecular complexity index is 1030. The molecule has 2 fully saturated rings. The van der Waals surface area contributed by atoms with Crippen molar-refractivity contribution < 1.29 is 24.2 Å². The summed E-state index contributed by atoms with van der Waals surface area (Å²) in [6.07, 6.45) is 4.22. The number of rotatable bonds is 8. The molecule has 0 bridgehead atoms. The predicted octanol–water partition coefficient (Wildman–Crippen LogP) is 4.07. The number of methoxy groups -OCH3 is 1. The van der Waals surface area contributed by atoms with E-state index in [1.807, 2.05) is 23.1 Å². The summed E-state index contributed by atoms with van der Waals surface area (Å²) in [4.78, 5) is 15.3. The van der Waals surface area contributed by atoms with Crippen LogP contribution in [-0.4, -0.2) is 60.0 Å². The van der Waals surface area contributed by atoms with Gasteiger partial charge in [-0.15, -0.1) is 0 Å². The van der Waals surface area contributed by atoms with Crippen molar-refractivity contribution in [3.63, 3.8) is 0 Å². The van der Waals surface area contributed by atoms with Crippen LogP contribution >= 0.6 is 0 Å². The summed E-state index contributed by atoms with van der Waals surface area (Å²) in [5.41, 5.74) is 6.26. The second-order valence-electron chi connectivity index (χ2n) is 12.0. The fourth-order valence-electron chi connectivity index (χ4n) is 6.05. The summed E-state index contributed by atoms with van der Waals surface area (Å²) < 4.78 is 11.7. The van der Waals surface area contributed by atoms with Crippen molar-refractivity contribution in [1.82, 2.24) is 4.90 Å². The molecule has 0 spiro atoms. The third kappa shape index (κ3) is 5.49. The molecule has 36 heavy (non-hydrogen) atoms. The highest BCUT2D eigenvalue weighted by Crippen LogP contribution is 2.44. The Morgan fingerprint density at radius 1 is 1.25 bits per heavy atom. The number of hydrogen-bond acceptors (Lipinski definition) is 6. The number of likely N-dealkylation sites (tertiary alicyclic amines) is 1. The smallest absolute Gasteiger partial charge is 0.225 e. The number of benzene rings is 1. The van der Waals surface area contributed by atoms with Crippen LogP contribution in [-0.2, 0) is 20.5 Å². The van der Waals surface area contributed by atoms with Crippen molar-refractivity contribution in [2.24, 2.45) is 17.6 Å². The molecule has 2 aromatic rings. The third-order valence-corrected chi connectivity index (χ3v) is 8.24. The summed E-state index contributed by atoms with van der Waals surface area (Å²) in [5.74, 6) is 0.584. The van der Waals surface area contributed by atoms with E-state index < -0.39 is 11.7 Å². The van der Waals surface area contributed by atoms with E-state index in [1.165, 1.54) is 0 Å². The number of carbonyl (C=O) groups excluding carboxylic acids is 1. The zero-order valence-electron chi connectivity index (χ0n) is 22.3. The Morgan fingerprint density at radius 3 is 2.69 bits per heavy atom. The number of piperidine rings is 1. The van der Waals surface area contributed by atoms with Crippen molar-refractivity contribution >= 4 is 16.9 Å². The maximum atomic E-state index is 13.4. The van der Waals surface area contributed by atoms with Gasteiger partial charge in [-0.3, -0.25) is 4.79 Å². The van der Waals surface area contributed by atoms with Gasteiger partial charge in [0.1, 0.15) is 11.3 Å². The molecule has 0 radical (unpaired) electrons. The van der Waals surface area contributed by atoms with Crippen LogP contribution in [0.25, 0.3) is 11.0 Å². The van der Waals surface area contributed by atoms with Crippen molar-refractivity contribution in [1.29, 1.82) is 0 Å². The van der Waals surface area contributed by atoms with Crippen LogP contribution in [0.4, 0.5) is 0 Å². The fraction of sp³-hybridized carbons (Fsp3) is 0.690. The minimum Gasteiger partial charge on any atom is -0.460 e. The Balaban J connectivity index is 1.65. The highest BCUT2D eigenvalue weighted by molar-refractivity contribution is 5.82. The van der Waals surface area contributed by atoms with E-state index in [2.05, 4.69) is 26.8 Å². The Kier molecular flexibility index (Phi) is 8.15. The molecule has 200 valence electrons. The normalized spacial score (nSPS) is 26.9. The van der Waals surface area contributed by atoms with Crippen LogP contribution in [0.2, 0.25) is 0 Å². The molecule has 4 rings (SSSR count). The number of hydrogen-bond donors (Lipinski definition) is 3. The van der Waals surface area contributed by atoms with Crippen molar-refractivity contribution in [2.45, 2.75) is 88.9 Å². The van der Waals surface area contributed by atoms with Crippen molar-refractivity contribution in [3.8, 4) is 0 Å². The lowest BCUT2D eigenvalue weighted by Gasteiger charge is -2.43. The van der Waals surface area contributed by atoms with Crippen LogP contribution in [0.5, 0.6) is 0 Å². The van der Waals surface area contributed by atoms with Crippen molar-refractivity contribution in [2.75, 3.05) is 26.8 Å². The number of fused-ring (bicyclic) bond motifs is 1. The lowest BCUT2D eigenvalue weighted by atomic mass is 9.73.